The van der Waals surface area contributed by atoms with Gasteiger partial charge in [0, 0.05) is 25.0 Å². The molecule has 1 aliphatic rings. The zero-order valence-corrected chi connectivity index (χ0v) is 13.1. The van der Waals surface area contributed by atoms with Crippen molar-refractivity contribution in [2.45, 2.75) is 32.4 Å². The Morgan fingerprint density at radius 2 is 2.37 bits per heavy atom. The number of aromatic nitrogens is 1. The zero-order valence-electron chi connectivity index (χ0n) is 11.4. The number of hydrogen-bond donors (Lipinski definition) is 1. The van der Waals surface area contributed by atoms with Gasteiger partial charge in [-0.3, -0.25) is 0 Å². The van der Waals surface area contributed by atoms with Crippen LogP contribution >= 0.6 is 11.3 Å². The van der Waals surface area contributed by atoms with Crippen molar-refractivity contribution in [3.63, 3.8) is 0 Å². The second kappa shape index (κ2) is 6.19. The third-order valence-electron chi connectivity index (χ3n) is 3.33. The first-order valence-electron chi connectivity index (χ1n) is 6.60. The first-order valence-corrected chi connectivity index (χ1v) is 9.30. The van der Waals surface area contributed by atoms with E-state index in [1.165, 1.54) is 0 Å². The van der Waals surface area contributed by atoms with Gasteiger partial charge in [-0.1, -0.05) is 6.92 Å². The van der Waals surface area contributed by atoms with Crippen LogP contribution in [0.1, 0.15) is 25.5 Å². The van der Waals surface area contributed by atoms with E-state index in [1.807, 2.05) is 17.3 Å². The van der Waals surface area contributed by atoms with Crippen molar-refractivity contribution in [1.29, 1.82) is 0 Å². The number of nitrogens with one attached hydrogen (secondary N) is 1. The standard InChI is InChI=1S/C12H21N3O2S2/c1-3-5-13-7-10-8-18-12(14-10)15(2)11-4-6-19(16,17)9-11/h8,11,13H,3-7,9H2,1-2H3. The van der Waals surface area contributed by atoms with Gasteiger partial charge in [0.15, 0.2) is 15.0 Å². The predicted molar refractivity (Wildman–Crippen MR) is 79.6 cm³/mol. The minimum Gasteiger partial charge on any atom is -0.347 e. The lowest BCUT2D eigenvalue weighted by molar-refractivity contribution is 0.600. The maximum absolute atomic E-state index is 11.5. The van der Waals surface area contributed by atoms with Crippen LogP contribution in [0.25, 0.3) is 0 Å². The third-order valence-corrected chi connectivity index (χ3v) is 6.06. The van der Waals surface area contributed by atoms with Gasteiger partial charge < -0.3 is 10.2 Å². The molecule has 1 aromatic rings. The Bertz CT molecular complexity index is 513. The summed E-state index contributed by atoms with van der Waals surface area (Å²) in [6.07, 6.45) is 1.82. The molecule has 1 N–H and O–H groups in total. The van der Waals surface area contributed by atoms with Crippen LogP contribution < -0.4 is 10.2 Å². The summed E-state index contributed by atoms with van der Waals surface area (Å²) in [5, 5.41) is 6.27. The molecule has 1 unspecified atom stereocenters. The molecule has 19 heavy (non-hydrogen) atoms. The van der Waals surface area contributed by atoms with Crippen LogP contribution in [-0.2, 0) is 16.4 Å². The highest BCUT2D eigenvalue weighted by atomic mass is 32.2. The van der Waals surface area contributed by atoms with Crippen molar-refractivity contribution in [3.8, 4) is 0 Å². The molecular formula is C12H21N3O2S2. The fourth-order valence-corrected chi connectivity index (χ4v) is 4.81. The van der Waals surface area contributed by atoms with E-state index in [0.29, 0.717) is 12.2 Å². The van der Waals surface area contributed by atoms with E-state index in [0.717, 1.165) is 30.3 Å². The minimum absolute atomic E-state index is 0.0765. The summed E-state index contributed by atoms with van der Waals surface area (Å²) in [5.41, 5.74) is 1.03. The van der Waals surface area contributed by atoms with Gasteiger partial charge in [-0.2, -0.15) is 0 Å². The van der Waals surface area contributed by atoms with E-state index in [2.05, 4.69) is 17.2 Å². The number of sulfone groups is 1. The molecule has 5 nitrogen and oxygen atoms in total. The summed E-state index contributed by atoms with van der Waals surface area (Å²) >= 11 is 1.58. The summed E-state index contributed by atoms with van der Waals surface area (Å²) in [4.78, 5) is 6.57. The molecule has 7 heteroatoms. The Labute approximate surface area is 119 Å². The Hall–Kier alpha value is -0.660. The van der Waals surface area contributed by atoms with E-state index in [4.69, 9.17) is 0 Å². The molecule has 1 fully saturated rings. The molecule has 2 rings (SSSR count). The van der Waals surface area contributed by atoms with Gasteiger partial charge in [-0.15, -0.1) is 11.3 Å². The van der Waals surface area contributed by atoms with Crippen LogP contribution in [0.3, 0.4) is 0 Å². The Morgan fingerprint density at radius 3 is 3.00 bits per heavy atom. The van der Waals surface area contributed by atoms with Gasteiger partial charge in [0.25, 0.3) is 0 Å². The number of nitrogens with zero attached hydrogens (tertiary/aromatic N) is 2. The van der Waals surface area contributed by atoms with Crippen molar-refractivity contribution in [2.75, 3.05) is 30.0 Å². The molecule has 108 valence electrons. The summed E-state index contributed by atoms with van der Waals surface area (Å²) in [5.74, 6) is 0.560. The van der Waals surface area contributed by atoms with Crippen LogP contribution in [0.5, 0.6) is 0 Å². The lowest BCUT2D eigenvalue weighted by atomic mass is 10.2. The van der Waals surface area contributed by atoms with Crippen molar-refractivity contribution >= 4 is 26.3 Å². The van der Waals surface area contributed by atoms with Gasteiger partial charge in [0.05, 0.1) is 17.2 Å². The molecule has 0 aromatic carbocycles. The Kier molecular flexibility index (Phi) is 4.81. The Morgan fingerprint density at radius 1 is 1.58 bits per heavy atom. The Balaban J connectivity index is 1.94. The number of rotatable bonds is 6. The average molecular weight is 303 g/mol. The second-order valence-electron chi connectivity index (χ2n) is 4.97. The zero-order chi connectivity index (χ0) is 13.9. The highest BCUT2D eigenvalue weighted by Gasteiger charge is 2.31. The van der Waals surface area contributed by atoms with Gasteiger partial charge in [0.2, 0.25) is 0 Å². The second-order valence-corrected chi connectivity index (χ2v) is 8.03. The van der Waals surface area contributed by atoms with Crippen LogP contribution in [0.15, 0.2) is 5.38 Å². The molecule has 0 amide bonds. The summed E-state index contributed by atoms with van der Waals surface area (Å²) in [6.45, 7) is 3.90. The predicted octanol–water partition coefficient (Wildman–Crippen LogP) is 1.27. The van der Waals surface area contributed by atoms with Crippen molar-refractivity contribution in [2.24, 2.45) is 0 Å². The number of hydrogen-bond acceptors (Lipinski definition) is 6. The van der Waals surface area contributed by atoms with E-state index in [-0.39, 0.29) is 11.8 Å². The van der Waals surface area contributed by atoms with Crippen LogP contribution in [0, 0.1) is 0 Å². The molecular weight excluding hydrogens is 282 g/mol. The smallest absolute Gasteiger partial charge is 0.185 e. The first-order chi connectivity index (χ1) is 9.02. The summed E-state index contributed by atoms with van der Waals surface area (Å²) < 4.78 is 23.0. The highest BCUT2D eigenvalue weighted by molar-refractivity contribution is 7.91. The number of thiazole rings is 1. The molecule has 0 radical (unpaired) electrons. The molecule has 1 aliphatic heterocycles. The molecule has 0 spiro atoms. The lowest BCUT2D eigenvalue weighted by Crippen LogP contribution is -2.32. The normalized spacial score (nSPS) is 21.7. The molecule has 1 aromatic heterocycles. The van der Waals surface area contributed by atoms with E-state index in [9.17, 15) is 8.42 Å². The number of anilines is 1. The fraction of sp³-hybridized carbons (Fsp3) is 0.750. The van der Waals surface area contributed by atoms with Gasteiger partial charge in [0.1, 0.15) is 0 Å². The van der Waals surface area contributed by atoms with Gasteiger partial charge >= 0.3 is 0 Å². The van der Waals surface area contributed by atoms with Gasteiger partial charge in [-0.05, 0) is 19.4 Å². The summed E-state index contributed by atoms with van der Waals surface area (Å²) in [6, 6.07) is 0.0765. The third kappa shape index (κ3) is 3.90. The van der Waals surface area contributed by atoms with E-state index >= 15 is 0 Å². The minimum atomic E-state index is -2.84. The molecule has 2 heterocycles. The molecule has 0 aliphatic carbocycles. The largest absolute Gasteiger partial charge is 0.347 e. The highest BCUT2D eigenvalue weighted by Crippen LogP contribution is 2.25. The fourth-order valence-electron chi connectivity index (χ4n) is 2.17. The van der Waals surface area contributed by atoms with Crippen LogP contribution in [-0.4, -0.2) is 44.5 Å². The summed E-state index contributed by atoms with van der Waals surface area (Å²) in [7, 11) is -0.898. The van der Waals surface area contributed by atoms with E-state index in [1.54, 1.807) is 11.3 Å². The molecule has 1 saturated heterocycles. The molecule has 1 atom stereocenters. The van der Waals surface area contributed by atoms with Crippen molar-refractivity contribution < 1.29 is 8.42 Å². The molecule has 0 bridgehead atoms. The quantitative estimate of drug-likeness (QED) is 0.802. The van der Waals surface area contributed by atoms with Crippen molar-refractivity contribution in [3.05, 3.63) is 11.1 Å². The van der Waals surface area contributed by atoms with Crippen LogP contribution in [0.4, 0.5) is 5.13 Å². The molecule has 0 saturated carbocycles. The van der Waals surface area contributed by atoms with Gasteiger partial charge in [-0.25, -0.2) is 13.4 Å². The maximum Gasteiger partial charge on any atom is 0.185 e. The topological polar surface area (TPSA) is 62.3 Å². The monoisotopic (exact) mass is 303 g/mol. The lowest BCUT2D eigenvalue weighted by Gasteiger charge is -2.22. The van der Waals surface area contributed by atoms with E-state index < -0.39 is 9.84 Å². The first kappa shape index (κ1) is 14.7. The van der Waals surface area contributed by atoms with Crippen molar-refractivity contribution in [1.82, 2.24) is 10.3 Å². The van der Waals surface area contributed by atoms with Crippen LogP contribution in [0.2, 0.25) is 0 Å². The SMILES string of the molecule is CCCNCc1csc(N(C)C2CCS(=O)(=O)C2)n1. The average Bonchev–Trinajstić information content (AvgIpc) is 2.95. The maximum atomic E-state index is 11.5.